The number of hydrogen-bond donors (Lipinski definition) is 1. The number of amides is 3. The molecule has 120 valence electrons. The van der Waals surface area contributed by atoms with Gasteiger partial charge in [-0.25, -0.2) is 9.79 Å². The maximum Gasteiger partial charge on any atom is 0.445 e. The normalized spacial score (nSPS) is 22.1. The van der Waals surface area contributed by atoms with Crippen LogP contribution in [-0.4, -0.2) is 69.7 Å². The molecule has 0 aromatic carbocycles. The number of thioether (sulfide) groups is 1. The second kappa shape index (κ2) is 6.70. The van der Waals surface area contributed by atoms with E-state index in [9.17, 15) is 9.59 Å². The van der Waals surface area contributed by atoms with E-state index in [1.165, 1.54) is 23.4 Å². The predicted octanol–water partition coefficient (Wildman–Crippen LogP) is 0.818. The van der Waals surface area contributed by atoms with Gasteiger partial charge >= 0.3 is 11.9 Å². The van der Waals surface area contributed by atoms with Crippen molar-refractivity contribution in [3.8, 4) is 0 Å². The fraction of sp³-hybridized carbons (Fsp3) is 0.643. The molecular weight excluding hydrogens is 304 g/mol. The number of carbonyl (C=O) groups is 2. The highest BCUT2D eigenvalue weighted by atomic mass is 32.2. The van der Waals surface area contributed by atoms with Crippen LogP contribution in [-0.2, 0) is 4.79 Å². The third-order valence-electron chi connectivity index (χ3n) is 3.42. The Bertz CT molecular complexity index is 595. The van der Waals surface area contributed by atoms with Crippen LogP contribution in [0, 0.1) is 11.8 Å². The fourth-order valence-corrected chi connectivity index (χ4v) is 3.19. The molecule has 0 aromatic heterocycles. The Hall–Kier alpha value is -1.54. The van der Waals surface area contributed by atoms with Gasteiger partial charge in [0.2, 0.25) is 5.84 Å². The lowest BCUT2D eigenvalue weighted by molar-refractivity contribution is -0.407. The lowest BCUT2D eigenvalue weighted by atomic mass is 10.0. The Morgan fingerprint density at radius 1 is 1.36 bits per heavy atom. The van der Waals surface area contributed by atoms with E-state index in [0.717, 1.165) is 4.90 Å². The number of amidine groups is 2. The molecule has 8 heteroatoms. The SMILES string of the molecule is CC(C)CC1=NC2=[N+](C)C(=O)N(C)C(=O)C2C(SCCO)=N1. The van der Waals surface area contributed by atoms with Crippen molar-refractivity contribution in [2.45, 2.75) is 20.3 Å². The van der Waals surface area contributed by atoms with Gasteiger partial charge in [-0.05, 0) is 5.92 Å². The summed E-state index contributed by atoms with van der Waals surface area (Å²) in [6.07, 6.45) is 0.672. The monoisotopic (exact) mass is 325 g/mol. The Morgan fingerprint density at radius 2 is 2.05 bits per heavy atom. The minimum absolute atomic E-state index is 0.00119. The van der Waals surface area contributed by atoms with Gasteiger partial charge in [-0.15, -0.1) is 11.8 Å². The molecule has 0 fully saturated rings. The number of aliphatic hydroxyl groups excluding tert-OH is 1. The quantitative estimate of drug-likeness (QED) is 0.775. The van der Waals surface area contributed by atoms with Gasteiger partial charge in [-0.1, -0.05) is 18.8 Å². The zero-order valence-corrected chi connectivity index (χ0v) is 14.1. The molecular formula is C14H21N4O3S+. The molecule has 22 heavy (non-hydrogen) atoms. The largest absolute Gasteiger partial charge is 0.445 e. The van der Waals surface area contributed by atoms with Gasteiger partial charge in [0.1, 0.15) is 5.04 Å². The zero-order valence-electron chi connectivity index (χ0n) is 13.2. The van der Waals surface area contributed by atoms with E-state index in [1.54, 1.807) is 7.05 Å². The van der Waals surface area contributed by atoms with E-state index >= 15 is 0 Å². The Morgan fingerprint density at radius 3 is 2.64 bits per heavy atom. The maximum atomic E-state index is 12.4. The number of imide groups is 1. The number of rotatable bonds is 4. The molecule has 1 unspecified atom stereocenters. The second-order valence-electron chi connectivity index (χ2n) is 5.68. The molecule has 0 aromatic rings. The van der Waals surface area contributed by atoms with Crippen LogP contribution in [0.2, 0.25) is 0 Å². The third-order valence-corrected chi connectivity index (χ3v) is 4.42. The van der Waals surface area contributed by atoms with Crippen molar-refractivity contribution in [2.75, 3.05) is 26.5 Å². The average molecular weight is 325 g/mol. The van der Waals surface area contributed by atoms with Gasteiger partial charge in [0.25, 0.3) is 5.84 Å². The van der Waals surface area contributed by atoms with Crippen molar-refractivity contribution in [2.24, 2.45) is 21.8 Å². The summed E-state index contributed by atoms with van der Waals surface area (Å²) in [4.78, 5) is 34.6. The number of aliphatic hydroxyl groups is 1. The van der Waals surface area contributed by atoms with Gasteiger partial charge in [-0.2, -0.15) is 9.48 Å². The molecule has 0 spiro atoms. The van der Waals surface area contributed by atoms with Crippen molar-refractivity contribution >= 4 is 40.4 Å². The zero-order chi connectivity index (χ0) is 16.4. The fourth-order valence-electron chi connectivity index (χ4n) is 2.34. The van der Waals surface area contributed by atoms with Crippen LogP contribution in [0.15, 0.2) is 9.98 Å². The number of urea groups is 1. The van der Waals surface area contributed by atoms with Crippen molar-refractivity contribution in [1.82, 2.24) is 4.90 Å². The first kappa shape index (κ1) is 16.8. The molecule has 0 saturated carbocycles. The second-order valence-corrected chi connectivity index (χ2v) is 6.79. The van der Waals surface area contributed by atoms with Crippen LogP contribution in [0.1, 0.15) is 20.3 Å². The average Bonchev–Trinajstić information content (AvgIpc) is 2.47. The molecule has 2 heterocycles. The van der Waals surface area contributed by atoms with Crippen molar-refractivity contribution < 1.29 is 19.3 Å². The summed E-state index contributed by atoms with van der Waals surface area (Å²) in [7, 11) is 3.07. The smallest absolute Gasteiger partial charge is 0.396 e. The van der Waals surface area contributed by atoms with E-state index < -0.39 is 11.9 Å². The third kappa shape index (κ3) is 3.12. The minimum Gasteiger partial charge on any atom is -0.396 e. The van der Waals surface area contributed by atoms with Crippen molar-refractivity contribution in [1.29, 1.82) is 0 Å². The Kier molecular flexibility index (Phi) is 5.12. The highest BCUT2D eigenvalue weighted by Gasteiger charge is 2.48. The van der Waals surface area contributed by atoms with Crippen LogP contribution in [0.3, 0.4) is 0 Å². The highest BCUT2D eigenvalue weighted by Crippen LogP contribution is 2.26. The van der Waals surface area contributed by atoms with Gasteiger partial charge < -0.3 is 5.11 Å². The van der Waals surface area contributed by atoms with Crippen LogP contribution in [0.25, 0.3) is 0 Å². The molecule has 0 radical (unpaired) electrons. The Balaban J connectivity index is 2.48. The summed E-state index contributed by atoms with van der Waals surface area (Å²) in [6, 6.07) is -0.391. The predicted molar refractivity (Wildman–Crippen MR) is 86.7 cm³/mol. The number of fused-ring (bicyclic) bond motifs is 1. The van der Waals surface area contributed by atoms with Gasteiger partial charge in [0.05, 0.1) is 20.7 Å². The summed E-state index contributed by atoms with van der Waals surface area (Å²) >= 11 is 1.34. The molecule has 1 N–H and O–H groups in total. The lowest BCUT2D eigenvalue weighted by Crippen LogP contribution is -2.54. The van der Waals surface area contributed by atoms with E-state index in [-0.39, 0.29) is 12.5 Å². The summed E-state index contributed by atoms with van der Waals surface area (Å²) in [5.41, 5.74) is 0. The maximum absolute atomic E-state index is 12.4. The van der Waals surface area contributed by atoms with Crippen LogP contribution in [0.5, 0.6) is 0 Å². The lowest BCUT2D eigenvalue weighted by Gasteiger charge is -2.26. The van der Waals surface area contributed by atoms with E-state index in [4.69, 9.17) is 5.11 Å². The molecule has 0 saturated heterocycles. The van der Waals surface area contributed by atoms with E-state index in [1.807, 2.05) is 0 Å². The van der Waals surface area contributed by atoms with Crippen molar-refractivity contribution in [3.05, 3.63) is 0 Å². The molecule has 0 aliphatic carbocycles. The first-order chi connectivity index (χ1) is 10.4. The van der Waals surface area contributed by atoms with Crippen LogP contribution in [0.4, 0.5) is 4.79 Å². The molecule has 0 bridgehead atoms. The van der Waals surface area contributed by atoms with Gasteiger partial charge in [-0.3, -0.25) is 4.79 Å². The number of carbonyl (C=O) groups excluding carboxylic acids is 2. The minimum atomic E-state index is -0.653. The Labute approximate surface area is 133 Å². The van der Waals surface area contributed by atoms with Crippen LogP contribution < -0.4 is 0 Å². The van der Waals surface area contributed by atoms with Crippen molar-refractivity contribution in [3.63, 3.8) is 0 Å². The number of aliphatic imine (C=N–C) groups is 2. The summed E-state index contributed by atoms with van der Waals surface area (Å²) in [5.74, 6) is 0.895. The molecule has 7 nitrogen and oxygen atoms in total. The summed E-state index contributed by atoms with van der Waals surface area (Å²) in [6.45, 7) is 4.12. The van der Waals surface area contributed by atoms with Gasteiger partial charge in [0, 0.05) is 12.2 Å². The molecule has 2 rings (SSSR count). The van der Waals surface area contributed by atoms with Crippen LogP contribution >= 0.6 is 11.8 Å². The standard InChI is InChI=1S/C14H21N4O3S/c1-8(2)7-9-15-11-10(12(16-9)22-6-5-19)13(20)18(4)14(21)17(11)3/h8,10,19H,5-7H2,1-4H3/q+1. The van der Waals surface area contributed by atoms with E-state index in [2.05, 4.69) is 23.8 Å². The topological polar surface area (TPSA) is 85.3 Å². The number of nitrogens with zero attached hydrogens (tertiary/aromatic N) is 4. The number of hydrogen-bond acceptors (Lipinski definition) is 6. The summed E-state index contributed by atoms with van der Waals surface area (Å²) in [5, 5.41) is 9.65. The molecule has 2 aliphatic heterocycles. The van der Waals surface area contributed by atoms with E-state index in [0.29, 0.717) is 34.8 Å². The molecule has 1 atom stereocenters. The first-order valence-corrected chi connectivity index (χ1v) is 8.17. The summed E-state index contributed by atoms with van der Waals surface area (Å²) < 4.78 is 1.40. The first-order valence-electron chi connectivity index (χ1n) is 7.18. The van der Waals surface area contributed by atoms with Gasteiger partial charge in [0.15, 0.2) is 5.92 Å². The molecule has 3 amide bonds. The highest BCUT2D eigenvalue weighted by molar-refractivity contribution is 8.14. The molecule has 2 aliphatic rings.